The monoisotopic (exact) mass is 403 g/mol. The molecule has 0 saturated heterocycles. The smallest absolute Gasteiger partial charge is 0.338 e. The highest BCUT2D eigenvalue weighted by Crippen LogP contribution is 2.15. The molecule has 0 bridgehead atoms. The van der Waals surface area contributed by atoms with Gasteiger partial charge in [0, 0.05) is 17.4 Å². The summed E-state index contributed by atoms with van der Waals surface area (Å²) in [5.41, 5.74) is 1.38. The quantitative estimate of drug-likeness (QED) is 0.273. The molecule has 2 aromatic rings. The van der Waals surface area contributed by atoms with Crippen LogP contribution in [0.2, 0.25) is 0 Å². The fourth-order valence-electron chi connectivity index (χ4n) is 2.38. The zero-order valence-corrected chi connectivity index (χ0v) is 16.9. The fraction of sp³-hybridized carbons (Fsp3) is 0.400. The number of H-pyrrole nitrogens is 1. The summed E-state index contributed by atoms with van der Waals surface area (Å²) >= 11 is 1.16. The first kappa shape index (κ1) is 21.7. The second-order valence-corrected chi connectivity index (χ2v) is 7.16. The summed E-state index contributed by atoms with van der Waals surface area (Å²) in [4.78, 5) is 42.8. The van der Waals surface area contributed by atoms with Crippen LogP contribution in [0.3, 0.4) is 0 Å². The predicted octanol–water partition coefficient (Wildman–Crippen LogP) is 3.41. The number of amides is 1. The van der Waals surface area contributed by atoms with Crippen molar-refractivity contribution in [3.8, 4) is 0 Å². The van der Waals surface area contributed by atoms with Crippen LogP contribution in [0.5, 0.6) is 0 Å². The highest BCUT2D eigenvalue weighted by molar-refractivity contribution is 7.99. The molecule has 2 N–H and O–H groups in total. The Morgan fingerprint density at radius 3 is 2.79 bits per heavy atom. The number of aryl methyl sites for hydroxylation is 1. The summed E-state index contributed by atoms with van der Waals surface area (Å²) in [6.45, 7) is 4.41. The number of aromatic amines is 1. The highest BCUT2D eigenvalue weighted by Gasteiger charge is 2.10. The van der Waals surface area contributed by atoms with Gasteiger partial charge < -0.3 is 15.0 Å². The number of ether oxygens (including phenoxy) is 1. The zero-order chi connectivity index (χ0) is 20.4. The molecule has 1 aromatic heterocycles. The summed E-state index contributed by atoms with van der Waals surface area (Å²) in [5.74, 6) is -0.581. The number of carbonyl (C=O) groups is 2. The van der Waals surface area contributed by atoms with Crippen LogP contribution in [0.4, 0.5) is 5.69 Å². The number of thioether (sulfide) groups is 1. The van der Waals surface area contributed by atoms with Gasteiger partial charge in [-0.25, -0.2) is 9.78 Å². The van der Waals surface area contributed by atoms with E-state index in [9.17, 15) is 14.4 Å². The van der Waals surface area contributed by atoms with Crippen molar-refractivity contribution in [1.29, 1.82) is 0 Å². The third kappa shape index (κ3) is 7.19. The van der Waals surface area contributed by atoms with E-state index in [2.05, 4.69) is 15.3 Å². The zero-order valence-electron chi connectivity index (χ0n) is 16.1. The Morgan fingerprint density at radius 2 is 2.04 bits per heavy atom. The molecule has 0 aliphatic carbocycles. The molecule has 1 amide bonds. The normalized spacial score (nSPS) is 10.5. The lowest BCUT2D eigenvalue weighted by Gasteiger charge is -2.08. The number of rotatable bonds is 10. The maximum Gasteiger partial charge on any atom is 0.338 e. The molecule has 8 heteroatoms. The Labute approximate surface area is 168 Å². The van der Waals surface area contributed by atoms with Gasteiger partial charge in [0.15, 0.2) is 5.16 Å². The second kappa shape index (κ2) is 11.3. The number of hydrogen-bond acceptors (Lipinski definition) is 6. The molecular weight excluding hydrogens is 378 g/mol. The molecule has 2 rings (SSSR count). The minimum Gasteiger partial charge on any atom is -0.462 e. The Morgan fingerprint density at radius 1 is 1.21 bits per heavy atom. The van der Waals surface area contributed by atoms with E-state index in [4.69, 9.17) is 4.74 Å². The van der Waals surface area contributed by atoms with Gasteiger partial charge in [0.1, 0.15) is 0 Å². The van der Waals surface area contributed by atoms with Crippen molar-refractivity contribution < 1.29 is 14.3 Å². The number of carbonyl (C=O) groups excluding carboxylic acids is 2. The van der Waals surface area contributed by atoms with E-state index >= 15 is 0 Å². The number of aromatic nitrogens is 2. The van der Waals surface area contributed by atoms with Crippen LogP contribution >= 0.6 is 11.8 Å². The van der Waals surface area contributed by atoms with Crippen molar-refractivity contribution in [2.75, 3.05) is 17.7 Å². The topological polar surface area (TPSA) is 101 Å². The number of nitrogens with one attached hydrogen (secondary N) is 2. The molecule has 0 aliphatic heterocycles. The third-order valence-electron chi connectivity index (χ3n) is 3.73. The Hall–Kier alpha value is -2.61. The SMILES string of the molecule is CCCCOC(=O)c1cccc(NC(=O)CSc2nc(CCC)cc(=O)[nH]2)c1. The molecular formula is C20H25N3O4S. The molecule has 150 valence electrons. The van der Waals surface area contributed by atoms with Crippen LogP contribution in [0.15, 0.2) is 40.3 Å². The number of nitrogens with zero attached hydrogens (tertiary/aromatic N) is 1. The molecule has 7 nitrogen and oxygen atoms in total. The standard InChI is InChI=1S/C20H25N3O4S/c1-3-5-10-27-19(26)14-8-6-9-16(11-14)21-18(25)13-28-20-22-15(7-4-2)12-17(24)23-20/h6,8-9,11-12H,3-5,7,10,13H2,1-2H3,(H,21,25)(H,22,23,24). The first-order valence-corrected chi connectivity index (χ1v) is 10.3. The number of anilines is 1. The van der Waals surface area contributed by atoms with Crippen LogP contribution in [-0.4, -0.2) is 34.2 Å². The highest BCUT2D eigenvalue weighted by atomic mass is 32.2. The van der Waals surface area contributed by atoms with E-state index in [1.165, 1.54) is 6.07 Å². The van der Waals surface area contributed by atoms with E-state index < -0.39 is 5.97 Å². The van der Waals surface area contributed by atoms with Crippen molar-refractivity contribution in [2.45, 2.75) is 44.7 Å². The number of hydrogen-bond donors (Lipinski definition) is 2. The summed E-state index contributed by atoms with van der Waals surface area (Å²) in [6, 6.07) is 8.09. The van der Waals surface area contributed by atoms with Crippen molar-refractivity contribution in [3.63, 3.8) is 0 Å². The molecule has 0 atom stereocenters. The molecule has 0 spiro atoms. The van der Waals surface area contributed by atoms with Gasteiger partial charge in [-0.15, -0.1) is 0 Å². The lowest BCUT2D eigenvalue weighted by molar-refractivity contribution is -0.113. The van der Waals surface area contributed by atoms with Crippen molar-refractivity contribution in [1.82, 2.24) is 9.97 Å². The van der Waals surface area contributed by atoms with E-state index in [1.807, 2.05) is 13.8 Å². The van der Waals surface area contributed by atoms with E-state index in [0.717, 1.165) is 31.0 Å². The summed E-state index contributed by atoms with van der Waals surface area (Å²) in [6.07, 6.45) is 3.36. The van der Waals surface area contributed by atoms with E-state index in [1.54, 1.807) is 24.3 Å². The molecule has 0 fully saturated rings. The Kier molecular flexibility index (Phi) is 8.74. The number of esters is 1. The average molecular weight is 404 g/mol. The largest absolute Gasteiger partial charge is 0.462 e. The van der Waals surface area contributed by atoms with Gasteiger partial charge in [-0.1, -0.05) is 44.5 Å². The molecule has 1 heterocycles. The summed E-state index contributed by atoms with van der Waals surface area (Å²) in [5, 5.41) is 3.16. The average Bonchev–Trinajstić information content (AvgIpc) is 2.66. The van der Waals surface area contributed by atoms with Crippen molar-refractivity contribution in [3.05, 3.63) is 51.9 Å². The number of unbranched alkanes of at least 4 members (excludes halogenated alkanes) is 1. The van der Waals surface area contributed by atoms with Crippen LogP contribution < -0.4 is 10.9 Å². The second-order valence-electron chi connectivity index (χ2n) is 6.20. The summed E-state index contributed by atoms with van der Waals surface area (Å²) in [7, 11) is 0. The van der Waals surface area contributed by atoms with Crippen LogP contribution in [0.1, 0.15) is 49.2 Å². The first-order chi connectivity index (χ1) is 13.5. The maximum atomic E-state index is 12.2. The van der Waals surface area contributed by atoms with Gasteiger partial charge in [-0.3, -0.25) is 9.59 Å². The first-order valence-electron chi connectivity index (χ1n) is 9.32. The molecule has 0 saturated carbocycles. The molecule has 28 heavy (non-hydrogen) atoms. The minimum atomic E-state index is -0.409. The third-order valence-corrected chi connectivity index (χ3v) is 4.61. The fourth-order valence-corrected chi connectivity index (χ4v) is 3.08. The number of benzene rings is 1. The lowest BCUT2D eigenvalue weighted by atomic mass is 10.2. The van der Waals surface area contributed by atoms with Crippen molar-refractivity contribution >= 4 is 29.3 Å². The maximum absolute atomic E-state index is 12.2. The minimum absolute atomic E-state index is 0.0870. The molecule has 0 radical (unpaired) electrons. The Bertz CT molecular complexity index is 867. The molecule has 0 unspecified atom stereocenters. The van der Waals surface area contributed by atoms with E-state index in [0.29, 0.717) is 35.1 Å². The van der Waals surface area contributed by atoms with Gasteiger partial charge in [0.2, 0.25) is 5.91 Å². The van der Waals surface area contributed by atoms with Gasteiger partial charge >= 0.3 is 5.97 Å². The molecule has 1 aromatic carbocycles. The predicted molar refractivity (Wildman–Crippen MR) is 110 cm³/mol. The van der Waals surface area contributed by atoms with Gasteiger partial charge in [-0.2, -0.15) is 0 Å². The van der Waals surface area contributed by atoms with Crippen LogP contribution in [0.25, 0.3) is 0 Å². The van der Waals surface area contributed by atoms with Crippen LogP contribution in [0, 0.1) is 0 Å². The van der Waals surface area contributed by atoms with Crippen molar-refractivity contribution in [2.24, 2.45) is 0 Å². The summed E-state index contributed by atoms with van der Waals surface area (Å²) < 4.78 is 5.18. The van der Waals surface area contributed by atoms with Gasteiger partial charge in [-0.05, 0) is 31.0 Å². The van der Waals surface area contributed by atoms with Crippen LogP contribution in [-0.2, 0) is 16.0 Å². The molecule has 0 aliphatic rings. The van der Waals surface area contributed by atoms with E-state index in [-0.39, 0.29) is 17.2 Å². The van der Waals surface area contributed by atoms with Gasteiger partial charge in [0.05, 0.1) is 17.9 Å². The Balaban J connectivity index is 1.92. The van der Waals surface area contributed by atoms with Gasteiger partial charge in [0.25, 0.3) is 5.56 Å². The lowest BCUT2D eigenvalue weighted by Crippen LogP contribution is -2.16.